The van der Waals surface area contributed by atoms with E-state index in [1.165, 1.54) is 51.3 Å². The van der Waals surface area contributed by atoms with Gasteiger partial charge in [0.05, 0.1) is 14.2 Å². The predicted molar refractivity (Wildman–Crippen MR) is 237 cm³/mol. The van der Waals surface area contributed by atoms with Crippen molar-refractivity contribution in [3.05, 3.63) is 119 Å². The normalized spacial score (nSPS) is 15.7. The van der Waals surface area contributed by atoms with Crippen LogP contribution in [0.5, 0.6) is 23.0 Å². The number of hydrogen-bond donors (Lipinski definition) is 2. The molecule has 4 aromatic rings. The first-order valence-corrected chi connectivity index (χ1v) is 21.0. The summed E-state index contributed by atoms with van der Waals surface area (Å²) in [5, 5.41) is 8.46. The van der Waals surface area contributed by atoms with Crippen LogP contribution in [-0.2, 0) is 9.59 Å². The molecule has 12 nitrogen and oxygen atoms in total. The Kier molecular flexibility index (Phi) is 19.4. The van der Waals surface area contributed by atoms with E-state index in [-0.39, 0.29) is 24.0 Å². The van der Waals surface area contributed by atoms with Crippen LogP contribution < -0.4 is 24.7 Å². The van der Waals surface area contributed by atoms with E-state index >= 15 is 0 Å². The maximum atomic E-state index is 12.5. The standard InChI is InChI=1S/C25H31NO4.C13H20N2.C11H12O5/c1-18(21-7-5-4-6-8-21)26-13-11-20(12-14-26)15-23(28)17-30-24-10-9-22(19(2)27)16-25(24)29-3;1-11(12-5-3-2-4-6-12)15-9-7-13(14)8-10-15;1-7(12)8-3-4-9(10(5-8)15-2)16-6-11(13)14/h4-10,16,18,20H,11-15,17H2,1-3H3;2-6,11,13H,7-10,14H2,1H3;3-5H,6H2,1-2H3,(H,13,14). The van der Waals surface area contributed by atoms with Crippen LogP contribution in [0.15, 0.2) is 97.1 Å². The molecular formula is C49H63N3O9. The monoisotopic (exact) mass is 837 g/mol. The second-order valence-corrected chi connectivity index (χ2v) is 15.6. The van der Waals surface area contributed by atoms with Crippen LogP contribution >= 0.6 is 0 Å². The lowest BCUT2D eigenvalue weighted by atomic mass is 9.90. The largest absolute Gasteiger partial charge is 0.493 e. The van der Waals surface area contributed by atoms with Crippen molar-refractivity contribution in [2.24, 2.45) is 11.7 Å². The minimum Gasteiger partial charge on any atom is -0.493 e. The van der Waals surface area contributed by atoms with E-state index in [0.29, 0.717) is 64.6 Å². The first kappa shape index (κ1) is 48.1. The van der Waals surface area contributed by atoms with Gasteiger partial charge in [0.25, 0.3) is 0 Å². The van der Waals surface area contributed by atoms with Crippen LogP contribution in [0.2, 0.25) is 0 Å². The van der Waals surface area contributed by atoms with Crippen molar-refractivity contribution in [2.45, 2.75) is 77.9 Å². The van der Waals surface area contributed by atoms with E-state index in [1.54, 1.807) is 24.3 Å². The first-order valence-electron chi connectivity index (χ1n) is 21.0. The van der Waals surface area contributed by atoms with Crippen molar-refractivity contribution < 1.29 is 43.2 Å². The van der Waals surface area contributed by atoms with Gasteiger partial charge in [-0.25, -0.2) is 4.79 Å². The minimum absolute atomic E-state index is 0.0242. The van der Waals surface area contributed by atoms with Gasteiger partial charge in [-0.3, -0.25) is 24.2 Å². The molecular weight excluding hydrogens is 775 g/mol. The van der Waals surface area contributed by atoms with Gasteiger partial charge in [-0.05, 0) is 120 Å². The first-order chi connectivity index (χ1) is 29.3. The molecule has 0 bridgehead atoms. The summed E-state index contributed by atoms with van der Waals surface area (Å²) in [4.78, 5) is 50.4. The molecule has 2 unspecified atom stereocenters. The van der Waals surface area contributed by atoms with Crippen LogP contribution in [0.3, 0.4) is 0 Å². The van der Waals surface area contributed by atoms with Crippen LogP contribution in [-0.4, -0.2) is 97.9 Å². The topological polar surface area (TPSA) is 158 Å². The number of likely N-dealkylation sites (tertiary alicyclic amines) is 2. The number of aliphatic carboxylic acids is 1. The molecule has 2 atom stereocenters. The summed E-state index contributed by atoms with van der Waals surface area (Å²) in [5.74, 6) is 0.902. The van der Waals surface area contributed by atoms with Crippen LogP contribution in [0.1, 0.15) is 104 Å². The summed E-state index contributed by atoms with van der Waals surface area (Å²) in [7, 11) is 2.95. The summed E-state index contributed by atoms with van der Waals surface area (Å²) < 4.78 is 21.0. The number of carboxylic acids is 1. The van der Waals surface area contributed by atoms with Gasteiger partial charge in [0.2, 0.25) is 0 Å². The number of Topliss-reactive ketones (excluding diaryl/α,β-unsaturated/α-hetero) is 3. The SMILES string of the molecule is CC(c1ccccc1)N1CCC(N)CC1.COc1cc(C(C)=O)ccc1OCC(=O)CC1CCN(C(C)c2ccccc2)CC1.COc1cc(C(C)=O)ccc1OCC(=O)O. The van der Waals surface area contributed by atoms with Gasteiger partial charge in [-0.1, -0.05) is 60.7 Å². The maximum Gasteiger partial charge on any atom is 0.341 e. The number of piperidine rings is 2. The average molecular weight is 838 g/mol. The quantitative estimate of drug-likeness (QED) is 0.104. The van der Waals surface area contributed by atoms with Crippen LogP contribution in [0.25, 0.3) is 0 Å². The fourth-order valence-corrected chi connectivity index (χ4v) is 7.43. The highest BCUT2D eigenvalue weighted by Crippen LogP contribution is 2.31. The molecule has 12 heteroatoms. The van der Waals surface area contributed by atoms with E-state index in [4.69, 9.17) is 29.8 Å². The van der Waals surface area contributed by atoms with E-state index in [1.807, 2.05) is 6.07 Å². The molecule has 0 saturated carbocycles. The smallest absolute Gasteiger partial charge is 0.341 e. The van der Waals surface area contributed by atoms with Crippen molar-refractivity contribution in [3.63, 3.8) is 0 Å². The van der Waals surface area contributed by atoms with Crippen molar-refractivity contribution in [2.75, 3.05) is 53.6 Å². The van der Waals surface area contributed by atoms with Gasteiger partial charge in [0.15, 0.2) is 47.0 Å². The molecule has 2 fully saturated rings. The molecule has 2 heterocycles. The molecule has 0 amide bonds. The average Bonchev–Trinajstić information content (AvgIpc) is 3.28. The summed E-state index contributed by atoms with van der Waals surface area (Å²) in [6, 6.07) is 32.2. The van der Waals surface area contributed by atoms with Crippen molar-refractivity contribution in [3.8, 4) is 23.0 Å². The Bertz CT molecular complexity index is 1990. The van der Waals surface area contributed by atoms with E-state index in [9.17, 15) is 19.2 Å². The fourth-order valence-electron chi connectivity index (χ4n) is 7.43. The molecule has 2 aliphatic rings. The molecule has 0 aromatic heterocycles. The number of carboxylic acid groups (broad SMARTS) is 1. The minimum atomic E-state index is -1.07. The number of nitrogens with two attached hydrogens (primary N) is 1. The zero-order valence-corrected chi connectivity index (χ0v) is 36.5. The molecule has 0 spiro atoms. The molecule has 2 saturated heterocycles. The summed E-state index contributed by atoms with van der Waals surface area (Å²) in [6.45, 7) is 11.3. The molecule has 0 radical (unpaired) electrons. The van der Waals surface area contributed by atoms with Gasteiger partial charge in [-0.15, -0.1) is 0 Å². The highest BCUT2D eigenvalue weighted by atomic mass is 16.5. The third kappa shape index (κ3) is 15.4. The third-order valence-electron chi connectivity index (χ3n) is 11.3. The number of rotatable bonds is 16. The number of benzene rings is 4. The Hall–Kier alpha value is -5.56. The zero-order chi connectivity index (χ0) is 44.3. The van der Waals surface area contributed by atoms with Crippen LogP contribution in [0.4, 0.5) is 0 Å². The van der Waals surface area contributed by atoms with Crippen molar-refractivity contribution >= 4 is 23.3 Å². The van der Waals surface area contributed by atoms with Gasteiger partial charge >= 0.3 is 5.97 Å². The number of nitrogens with zero attached hydrogens (tertiary/aromatic N) is 2. The lowest BCUT2D eigenvalue weighted by Crippen LogP contribution is -2.40. The molecule has 0 aliphatic carbocycles. The van der Waals surface area contributed by atoms with Gasteiger partial charge in [-0.2, -0.15) is 0 Å². The van der Waals surface area contributed by atoms with Gasteiger partial charge in [0.1, 0.15) is 6.61 Å². The number of ketones is 3. The molecule has 2 aliphatic heterocycles. The van der Waals surface area contributed by atoms with Gasteiger partial charge < -0.3 is 29.8 Å². The predicted octanol–water partition coefficient (Wildman–Crippen LogP) is 8.24. The van der Waals surface area contributed by atoms with Gasteiger partial charge in [0, 0.05) is 48.8 Å². The number of hydrogen-bond acceptors (Lipinski definition) is 11. The molecule has 328 valence electrons. The van der Waals surface area contributed by atoms with Crippen molar-refractivity contribution in [1.82, 2.24) is 9.80 Å². The highest BCUT2D eigenvalue weighted by Gasteiger charge is 2.25. The Morgan fingerprint density at radius 2 is 1.03 bits per heavy atom. The Balaban J connectivity index is 0.000000222. The Morgan fingerprint density at radius 3 is 1.43 bits per heavy atom. The zero-order valence-electron chi connectivity index (χ0n) is 36.5. The van der Waals surface area contributed by atoms with E-state index < -0.39 is 12.6 Å². The maximum absolute atomic E-state index is 12.5. The summed E-state index contributed by atoms with van der Waals surface area (Å²) >= 11 is 0. The molecule has 3 N–H and O–H groups in total. The van der Waals surface area contributed by atoms with Crippen LogP contribution in [0, 0.1) is 5.92 Å². The summed E-state index contributed by atoms with van der Waals surface area (Å²) in [6.07, 6.45) is 4.87. The Morgan fingerprint density at radius 1 is 0.623 bits per heavy atom. The Labute approximate surface area is 360 Å². The fraction of sp³-hybridized carbons (Fsp3) is 0.429. The number of carbonyl (C=O) groups excluding carboxylic acids is 3. The highest BCUT2D eigenvalue weighted by molar-refractivity contribution is 5.95. The number of methoxy groups -OCH3 is 2. The number of ether oxygens (including phenoxy) is 4. The second kappa shape index (κ2) is 24.6. The second-order valence-electron chi connectivity index (χ2n) is 15.6. The summed E-state index contributed by atoms with van der Waals surface area (Å²) in [5.41, 5.74) is 9.70. The van der Waals surface area contributed by atoms with Crippen molar-refractivity contribution in [1.29, 1.82) is 0 Å². The molecule has 6 rings (SSSR count). The lowest BCUT2D eigenvalue weighted by Gasteiger charge is -2.36. The molecule has 4 aromatic carbocycles. The third-order valence-corrected chi connectivity index (χ3v) is 11.3. The van der Waals surface area contributed by atoms with E-state index in [0.717, 1.165) is 51.9 Å². The molecule has 61 heavy (non-hydrogen) atoms. The lowest BCUT2D eigenvalue weighted by molar-refractivity contribution is -0.139. The number of carbonyl (C=O) groups is 4. The van der Waals surface area contributed by atoms with E-state index in [2.05, 4.69) is 78.2 Å².